The number of carbonyl (C=O) groups is 2. The SMILES string of the molecule is COC(=O)C(Cl)=C(C)CN1C[C@H](N)C1=O. The molecule has 1 amide bonds. The van der Waals surface area contributed by atoms with E-state index >= 15 is 0 Å². The third-order valence-electron chi connectivity index (χ3n) is 2.21. The van der Waals surface area contributed by atoms with Gasteiger partial charge >= 0.3 is 5.97 Å². The highest BCUT2D eigenvalue weighted by molar-refractivity contribution is 6.41. The minimum absolute atomic E-state index is 0.0192. The molecule has 1 aliphatic rings. The molecule has 0 aliphatic carbocycles. The lowest BCUT2D eigenvalue weighted by Crippen LogP contribution is -2.61. The Balaban J connectivity index is 2.59. The number of rotatable bonds is 3. The number of carbonyl (C=O) groups excluding carboxylic acids is 2. The van der Waals surface area contributed by atoms with E-state index in [1.54, 1.807) is 6.92 Å². The van der Waals surface area contributed by atoms with E-state index in [-0.39, 0.29) is 10.9 Å². The third kappa shape index (κ3) is 2.49. The van der Waals surface area contributed by atoms with Crippen LogP contribution < -0.4 is 5.73 Å². The van der Waals surface area contributed by atoms with E-state index < -0.39 is 12.0 Å². The fourth-order valence-electron chi connectivity index (χ4n) is 1.29. The average Bonchev–Trinajstić information content (AvgIpc) is 2.25. The summed E-state index contributed by atoms with van der Waals surface area (Å²) >= 11 is 5.73. The van der Waals surface area contributed by atoms with Gasteiger partial charge < -0.3 is 15.4 Å². The van der Waals surface area contributed by atoms with Crippen molar-refractivity contribution in [1.29, 1.82) is 0 Å². The number of nitrogens with two attached hydrogens (primary N) is 1. The minimum Gasteiger partial charge on any atom is -0.465 e. The molecule has 84 valence electrons. The van der Waals surface area contributed by atoms with E-state index in [2.05, 4.69) is 4.74 Å². The lowest BCUT2D eigenvalue weighted by molar-refractivity contribution is -0.141. The normalized spacial score (nSPS) is 22.0. The maximum Gasteiger partial charge on any atom is 0.349 e. The Morgan fingerprint density at radius 3 is 2.73 bits per heavy atom. The minimum atomic E-state index is -0.591. The number of amides is 1. The second-order valence-corrected chi connectivity index (χ2v) is 3.79. The topological polar surface area (TPSA) is 72.6 Å². The number of halogens is 1. The maximum atomic E-state index is 11.2. The summed E-state index contributed by atoms with van der Waals surface area (Å²) in [5.41, 5.74) is 6.02. The fraction of sp³-hybridized carbons (Fsp3) is 0.556. The van der Waals surface area contributed by atoms with Crippen LogP contribution in [0, 0.1) is 0 Å². The molecule has 1 aliphatic heterocycles. The van der Waals surface area contributed by atoms with E-state index in [1.807, 2.05) is 0 Å². The quantitative estimate of drug-likeness (QED) is 0.417. The molecule has 0 bridgehead atoms. The van der Waals surface area contributed by atoms with Crippen LogP contribution in [0.15, 0.2) is 10.6 Å². The molecule has 1 heterocycles. The second-order valence-electron chi connectivity index (χ2n) is 3.41. The van der Waals surface area contributed by atoms with Gasteiger partial charge in [0.05, 0.1) is 7.11 Å². The van der Waals surface area contributed by atoms with Crippen LogP contribution in [0.25, 0.3) is 0 Å². The number of ether oxygens (including phenoxy) is 1. The third-order valence-corrected chi connectivity index (χ3v) is 2.69. The predicted octanol–water partition coefficient (Wildman–Crippen LogP) is -0.158. The number of hydrogen-bond acceptors (Lipinski definition) is 4. The van der Waals surface area contributed by atoms with Crippen LogP contribution in [0.3, 0.4) is 0 Å². The maximum absolute atomic E-state index is 11.2. The van der Waals surface area contributed by atoms with Gasteiger partial charge in [-0.15, -0.1) is 0 Å². The number of nitrogens with zero attached hydrogens (tertiary/aromatic N) is 1. The number of esters is 1. The van der Waals surface area contributed by atoms with Gasteiger partial charge in [-0.1, -0.05) is 11.6 Å². The summed E-state index contributed by atoms with van der Waals surface area (Å²) in [6.07, 6.45) is 0. The van der Waals surface area contributed by atoms with Crippen molar-refractivity contribution in [1.82, 2.24) is 4.90 Å². The van der Waals surface area contributed by atoms with E-state index in [1.165, 1.54) is 12.0 Å². The first-order valence-corrected chi connectivity index (χ1v) is 4.83. The molecule has 0 saturated carbocycles. The van der Waals surface area contributed by atoms with Gasteiger partial charge in [-0.2, -0.15) is 0 Å². The smallest absolute Gasteiger partial charge is 0.349 e. The van der Waals surface area contributed by atoms with Crippen LogP contribution >= 0.6 is 11.6 Å². The molecule has 0 aromatic heterocycles. The van der Waals surface area contributed by atoms with E-state index in [0.717, 1.165) is 0 Å². The number of likely N-dealkylation sites (tertiary alicyclic amines) is 1. The fourth-order valence-corrected chi connectivity index (χ4v) is 1.43. The summed E-state index contributed by atoms with van der Waals surface area (Å²) in [5.74, 6) is -0.713. The Hall–Kier alpha value is -1.07. The van der Waals surface area contributed by atoms with E-state index in [0.29, 0.717) is 18.7 Å². The average molecular weight is 233 g/mol. The van der Waals surface area contributed by atoms with Crippen LogP contribution in [0.5, 0.6) is 0 Å². The van der Waals surface area contributed by atoms with Gasteiger partial charge in [-0.3, -0.25) is 4.79 Å². The summed E-state index contributed by atoms with van der Waals surface area (Å²) in [4.78, 5) is 23.8. The van der Waals surface area contributed by atoms with Crippen molar-refractivity contribution < 1.29 is 14.3 Å². The Bertz CT molecular complexity index is 327. The highest BCUT2D eigenvalue weighted by Gasteiger charge is 2.33. The van der Waals surface area contributed by atoms with Gasteiger partial charge in [-0.25, -0.2) is 4.79 Å². The summed E-state index contributed by atoms with van der Waals surface area (Å²) in [6, 6.07) is -0.408. The van der Waals surface area contributed by atoms with Crippen LogP contribution in [0.1, 0.15) is 6.92 Å². The zero-order valence-corrected chi connectivity index (χ0v) is 9.37. The van der Waals surface area contributed by atoms with Gasteiger partial charge in [0, 0.05) is 13.1 Å². The molecule has 0 radical (unpaired) electrons. The van der Waals surface area contributed by atoms with Crippen LogP contribution in [0.2, 0.25) is 0 Å². The zero-order valence-electron chi connectivity index (χ0n) is 8.62. The van der Waals surface area contributed by atoms with E-state index in [4.69, 9.17) is 17.3 Å². The highest BCUT2D eigenvalue weighted by Crippen LogP contribution is 2.16. The van der Waals surface area contributed by atoms with Crippen molar-refractivity contribution in [3.05, 3.63) is 10.6 Å². The standard InChI is InChI=1S/C9H13ClN2O3/c1-5(7(10)9(14)15-2)3-12-4-6(11)8(12)13/h6H,3-4,11H2,1-2H3/t6-/m0/s1. The lowest BCUT2D eigenvalue weighted by atomic mass is 10.1. The predicted molar refractivity (Wildman–Crippen MR) is 55.1 cm³/mol. The largest absolute Gasteiger partial charge is 0.465 e. The molecular formula is C9H13ClN2O3. The number of methoxy groups -OCH3 is 1. The molecule has 5 nitrogen and oxygen atoms in total. The highest BCUT2D eigenvalue weighted by atomic mass is 35.5. The molecular weight excluding hydrogens is 220 g/mol. The van der Waals surface area contributed by atoms with Crippen molar-refractivity contribution in [3.8, 4) is 0 Å². The Labute approximate surface area is 92.8 Å². The first-order chi connectivity index (χ1) is 6.97. The second kappa shape index (κ2) is 4.63. The molecule has 15 heavy (non-hydrogen) atoms. The van der Waals surface area contributed by atoms with Gasteiger partial charge in [0.25, 0.3) is 0 Å². The zero-order chi connectivity index (χ0) is 11.6. The Kier molecular flexibility index (Phi) is 3.71. The Morgan fingerprint density at radius 1 is 1.73 bits per heavy atom. The number of β-lactam (4-membered cyclic amide) rings is 1. The molecule has 1 rings (SSSR count). The first-order valence-electron chi connectivity index (χ1n) is 4.45. The van der Waals surface area contributed by atoms with Crippen molar-refractivity contribution in [3.63, 3.8) is 0 Å². The molecule has 1 atom stereocenters. The summed E-state index contributed by atoms with van der Waals surface area (Å²) < 4.78 is 4.46. The molecule has 0 aromatic carbocycles. The molecule has 1 saturated heterocycles. The van der Waals surface area contributed by atoms with Crippen molar-refractivity contribution >= 4 is 23.5 Å². The van der Waals surface area contributed by atoms with Gasteiger partial charge in [-0.05, 0) is 12.5 Å². The van der Waals surface area contributed by atoms with Crippen molar-refractivity contribution in [2.24, 2.45) is 5.73 Å². The van der Waals surface area contributed by atoms with E-state index in [9.17, 15) is 9.59 Å². The molecule has 0 aromatic rings. The number of hydrogen-bond donors (Lipinski definition) is 1. The van der Waals surface area contributed by atoms with Crippen LogP contribution in [0.4, 0.5) is 0 Å². The van der Waals surface area contributed by atoms with Crippen molar-refractivity contribution in [2.75, 3.05) is 20.2 Å². The van der Waals surface area contributed by atoms with Gasteiger partial charge in [0.15, 0.2) is 0 Å². The lowest BCUT2D eigenvalue weighted by Gasteiger charge is -2.36. The van der Waals surface area contributed by atoms with Crippen LogP contribution in [-0.4, -0.2) is 43.0 Å². The first kappa shape index (κ1) is 12.0. The summed E-state index contributed by atoms with van der Waals surface area (Å²) in [7, 11) is 1.25. The Morgan fingerprint density at radius 2 is 2.33 bits per heavy atom. The van der Waals surface area contributed by atoms with Crippen LogP contribution in [-0.2, 0) is 14.3 Å². The molecule has 2 N–H and O–H groups in total. The summed E-state index contributed by atoms with van der Waals surface area (Å²) in [6.45, 7) is 2.50. The monoisotopic (exact) mass is 232 g/mol. The molecule has 0 spiro atoms. The summed E-state index contributed by atoms with van der Waals surface area (Å²) in [5, 5.41) is 0.0192. The van der Waals surface area contributed by atoms with Gasteiger partial charge in [0.2, 0.25) is 5.91 Å². The molecule has 6 heteroatoms. The molecule has 1 fully saturated rings. The van der Waals surface area contributed by atoms with Gasteiger partial charge in [0.1, 0.15) is 11.1 Å². The van der Waals surface area contributed by atoms with Crippen molar-refractivity contribution in [2.45, 2.75) is 13.0 Å². The molecule has 0 unspecified atom stereocenters.